The Morgan fingerprint density at radius 2 is 1.85 bits per heavy atom. The maximum atomic E-state index is 13.7. The third-order valence-corrected chi connectivity index (χ3v) is 5.90. The predicted octanol–water partition coefficient (Wildman–Crippen LogP) is 4.67. The molecule has 178 valence electrons. The lowest BCUT2D eigenvalue weighted by Crippen LogP contribution is -2.52. The minimum Gasteiger partial charge on any atom is -0.365 e. The van der Waals surface area contributed by atoms with E-state index in [1.54, 1.807) is 23.4 Å². The van der Waals surface area contributed by atoms with Crippen LogP contribution in [0.2, 0.25) is 0 Å². The van der Waals surface area contributed by atoms with Crippen LogP contribution in [0.25, 0.3) is 11.4 Å². The van der Waals surface area contributed by atoms with E-state index in [0.29, 0.717) is 36.3 Å². The molecule has 4 rings (SSSR count). The second kappa shape index (κ2) is 9.36. The number of rotatable bonds is 4. The molecule has 1 aliphatic heterocycles. The molecule has 1 amide bonds. The van der Waals surface area contributed by atoms with Crippen molar-refractivity contribution in [3.63, 3.8) is 0 Å². The van der Waals surface area contributed by atoms with Gasteiger partial charge in [0.2, 0.25) is 5.82 Å². The van der Waals surface area contributed by atoms with Gasteiger partial charge in [-0.3, -0.25) is 4.79 Å². The molecule has 7 nitrogen and oxygen atoms in total. The number of hydrogen-bond acceptors (Lipinski definition) is 6. The second-order valence-electron chi connectivity index (χ2n) is 8.47. The van der Waals surface area contributed by atoms with E-state index >= 15 is 0 Å². The van der Waals surface area contributed by atoms with Crippen LogP contribution < -0.4 is 5.32 Å². The minimum absolute atomic E-state index is 0.0971. The lowest BCUT2D eigenvalue weighted by molar-refractivity contribution is -0.145. The lowest BCUT2D eigenvalue weighted by atomic mass is 9.95. The van der Waals surface area contributed by atoms with E-state index in [0.717, 1.165) is 5.56 Å². The lowest BCUT2D eigenvalue weighted by Gasteiger charge is -2.40. The van der Waals surface area contributed by atoms with Crippen molar-refractivity contribution in [3.05, 3.63) is 65.4 Å². The highest BCUT2D eigenvalue weighted by atomic mass is 19.4. The van der Waals surface area contributed by atoms with Crippen molar-refractivity contribution >= 4 is 11.7 Å². The van der Waals surface area contributed by atoms with Gasteiger partial charge in [-0.1, -0.05) is 17.7 Å². The summed E-state index contributed by atoms with van der Waals surface area (Å²) < 4.78 is 39.5. The number of carbonyl (C=O) groups excluding carboxylic acids is 1. The summed E-state index contributed by atoms with van der Waals surface area (Å²) in [6, 6.07) is 8.20. The molecule has 1 aromatic carbocycles. The van der Waals surface area contributed by atoms with E-state index in [4.69, 9.17) is 0 Å². The first kappa shape index (κ1) is 23.6. The molecule has 0 bridgehead atoms. The number of piperidine rings is 1. The van der Waals surface area contributed by atoms with Gasteiger partial charge >= 0.3 is 6.18 Å². The fourth-order valence-corrected chi connectivity index (χ4v) is 4.20. The van der Waals surface area contributed by atoms with E-state index in [9.17, 15) is 18.0 Å². The molecule has 1 N–H and O–H groups in total. The summed E-state index contributed by atoms with van der Waals surface area (Å²) in [6.07, 6.45) is 0.00606. The molecule has 1 saturated heterocycles. The summed E-state index contributed by atoms with van der Waals surface area (Å²) in [6.45, 7) is 5.83. The molecule has 0 spiro atoms. The maximum absolute atomic E-state index is 13.7. The van der Waals surface area contributed by atoms with Gasteiger partial charge < -0.3 is 10.2 Å². The average Bonchev–Trinajstić information content (AvgIpc) is 2.79. The summed E-state index contributed by atoms with van der Waals surface area (Å²) in [5, 5.41) is 3.11. The summed E-state index contributed by atoms with van der Waals surface area (Å²) >= 11 is 0. The zero-order valence-electron chi connectivity index (χ0n) is 19.1. The molecule has 3 heterocycles. The van der Waals surface area contributed by atoms with E-state index in [1.807, 2.05) is 32.0 Å². The number of anilines is 1. The molecular formula is C24H25F3N6O. The van der Waals surface area contributed by atoms with E-state index in [1.165, 1.54) is 13.0 Å². The van der Waals surface area contributed by atoms with Gasteiger partial charge in [0.25, 0.3) is 5.91 Å². The molecule has 34 heavy (non-hydrogen) atoms. The van der Waals surface area contributed by atoms with Crippen LogP contribution in [-0.4, -0.2) is 49.4 Å². The van der Waals surface area contributed by atoms with Gasteiger partial charge in [-0.2, -0.15) is 13.2 Å². The molecule has 0 radical (unpaired) electrons. The van der Waals surface area contributed by atoms with Gasteiger partial charge in [0.05, 0.1) is 5.56 Å². The third kappa shape index (κ3) is 5.00. The van der Waals surface area contributed by atoms with Crippen molar-refractivity contribution in [2.45, 2.75) is 51.9 Å². The normalized spacial score (nSPS) is 18.6. The van der Waals surface area contributed by atoms with Crippen molar-refractivity contribution in [3.8, 4) is 11.4 Å². The Balaban J connectivity index is 1.60. The largest absolute Gasteiger partial charge is 0.451 e. The standard InChI is InChI=1S/C24H25F3N6O/c1-14-7-8-17(21-28-9-5-10-29-21)18(12-14)22(34)33-11-4-6-19(16(33)3)31-20-13-15(2)30-23(32-20)24(25,26)27/h5,7-10,12-13,16,19H,4,6,11H2,1-3H3,(H,30,31,32)/t16-,19+/m1/s1. The maximum Gasteiger partial charge on any atom is 0.451 e. The zero-order valence-corrected chi connectivity index (χ0v) is 19.1. The van der Waals surface area contributed by atoms with Crippen molar-refractivity contribution in [2.24, 2.45) is 0 Å². The smallest absolute Gasteiger partial charge is 0.365 e. The third-order valence-electron chi connectivity index (χ3n) is 5.90. The number of benzene rings is 1. The predicted molar refractivity (Wildman–Crippen MR) is 121 cm³/mol. The molecule has 1 fully saturated rings. The van der Waals surface area contributed by atoms with Crippen LogP contribution in [0.1, 0.15) is 47.2 Å². The Morgan fingerprint density at radius 3 is 2.56 bits per heavy atom. The molecule has 3 aromatic rings. The zero-order chi connectivity index (χ0) is 24.5. The van der Waals surface area contributed by atoms with Crippen LogP contribution in [0.4, 0.5) is 19.0 Å². The molecule has 0 unspecified atom stereocenters. The summed E-state index contributed by atoms with van der Waals surface area (Å²) in [5.41, 5.74) is 2.28. The first-order chi connectivity index (χ1) is 16.1. The van der Waals surface area contributed by atoms with Crippen molar-refractivity contribution in [1.82, 2.24) is 24.8 Å². The fourth-order valence-electron chi connectivity index (χ4n) is 4.20. The van der Waals surface area contributed by atoms with Crippen LogP contribution in [0.3, 0.4) is 0 Å². The Kier molecular flexibility index (Phi) is 6.49. The highest BCUT2D eigenvalue weighted by molar-refractivity contribution is 6.00. The van der Waals surface area contributed by atoms with E-state index < -0.39 is 12.0 Å². The SMILES string of the molecule is Cc1ccc(-c2ncccn2)c(C(=O)N2CCC[C@H](Nc3cc(C)nc(C(F)(F)F)n3)[C@H]2C)c1. The number of alkyl halides is 3. The van der Waals surface area contributed by atoms with Gasteiger partial charge in [-0.05, 0) is 45.7 Å². The van der Waals surface area contributed by atoms with Crippen molar-refractivity contribution < 1.29 is 18.0 Å². The van der Waals surface area contributed by atoms with Crippen molar-refractivity contribution in [2.75, 3.05) is 11.9 Å². The van der Waals surface area contributed by atoms with Gasteiger partial charge in [-0.25, -0.2) is 19.9 Å². The van der Waals surface area contributed by atoms with E-state index in [-0.39, 0.29) is 29.5 Å². The van der Waals surface area contributed by atoms with Gasteiger partial charge in [0.15, 0.2) is 5.82 Å². The molecule has 0 saturated carbocycles. The van der Waals surface area contributed by atoms with Crippen LogP contribution in [-0.2, 0) is 6.18 Å². The Bertz CT molecular complexity index is 1190. The van der Waals surface area contributed by atoms with Gasteiger partial charge in [0, 0.05) is 48.3 Å². The first-order valence-electron chi connectivity index (χ1n) is 11.0. The summed E-state index contributed by atoms with van der Waals surface area (Å²) in [7, 11) is 0. The van der Waals surface area contributed by atoms with Crippen LogP contribution in [0.5, 0.6) is 0 Å². The molecule has 1 aliphatic rings. The number of nitrogens with zero attached hydrogens (tertiary/aromatic N) is 5. The molecule has 0 aliphatic carbocycles. The monoisotopic (exact) mass is 470 g/mol. The van der Waals surface area contributed by atoms with Crippen molar-refractivity contribution in [1.29, 1.82) is 0 Å². The summed E-state index contributed by atoms with van der Waals surface area (Å²) in [5.74, 6) is -0.792. The Labute approximate surface area is 195 Å². The number of nitrogens with one attached hydrogen (secondary N) is 1. The number of aryl methyl sites for hydroxylation is 2. The molecule has 2 atom stereocenters. The first-order valence-corrected chi connectivity index (χ1v) is 11.0. The molecule has 10 heteroatoms. The Hall–Kier alpha value is -3.56. The minimum atomic E-state index is -4.64. The fraction of sp³-hybridized carbons (Fsp3) is 0.375. The number of carbonyl (C=O) groups is 1. The van der Waals surface area contributed by atoms with Crippen LogP contribution in [0.15, 0.2) is 42.7 Å². The van der Waals surface area contributed by atoms with E-state index in [2.05, 4.69) is 25.3 Å². The van der Waals surface area contributed by atoms with Gasteiger partial charge in [0.1, 0.15) is 5.82 Å². The quantitative estimate of drug-likeness (QED) is 0.597. The number of amides is 1. The summed E-state index contributed by atoms with van der Waals surface area (Å²) in [4.78, 5) is 31.2. The number of likely N-dealkylation sites (tertiary alicyclic amines) is 1. The number of halogens is 3. The molecule has 2 aromatic heterocycles. The topological polar surface area (TPSA) is 83.9 Å². The molecular weight excluding hydrogens is 445 g/mol. The second-order valence-corrected chi connectivity index (χ2v) is 8.47. The number of hydrogen-bond donors (Lipinski definition) is 1. The van der Waals surface area contributed by atoms with Crippen LogP contribution >= 0.6 is 0 Å². The van der Waals surface area contributed by atoms with Gasteiger partial charge in [-0.15, -0.1) is 0 Å². The number of aromatic nitrogens is 4. The Morgan fingerprint density at radius 1 is 1.12 bits per heavy atom. The average molecular weight is 470 g/mol. The van der Waals surface area contributed by atoms with Crippen LogP contribution in [0, 0.1) is 13.8 Å². The highest BCUT2D eigenvalue weighted by Gasteiger charge is 2.36. The highest BCUT2D eigenvalue weighted by Crippen LogP contribution is 2.30.